The van der Waals surface area contributed by atoms with Crippen molar-refractivity contribution >= 4 is 5.97 Å². The first-order chi connectivity index (χ1) is 13.6. The van der Waals surface area contributed by atoms with Gasteiger partial charge in [-0.1, -0.05) is 18.9 Å². The number of likely N-dealkylation sites (tertiary alicyclic amines) is 1. The topological polar surface area (TPSA) is 57.2 Å². The molecule has 1 saturated carbocycles. The molecule has 1 aromatic rings. The van der Waals surface area contributed by atoms with Gasteiger partial charge in [0.25, 0.3) is 0 Å². The van der Waals surface area contributed by atoms with Crippen LogP contribution in [-0.4, -0.2) is 63.0 Å². The Kier molecular flexibility index (Phi) is 7.57. The van der Waals surface area contributed by atoms with Crippen molar-refractivity contribution in [1.82, 2.24) is 4.90 Å². The molecule has 2 fully saturated rings. The van der Waals surface area contributed by atoms with Gasteiger partial charge in [-0.05, 0) is 43.4 Å². The molecule has 3 rings (SSSR count). The molecular weight excluding hydrogens is 358 g/mol. The number of methoxy groups -OCH3 is 2. The smallest absolute Gasteiger partial charge is 0.302 e. The zero-order chi connectivity index (χ0) is 19.9. The van der Waals surface area contributed by atoms with Crippen LogP contribution in [0.5, 0.6) is 11.5 Å². The molecule has 0 radical (unpaired) electrons. The summed E-state index contributed by atoms with van der Waals surface area (Å²) < 4.78 is 22.4. The molecule has 0 bridgehead atoms. The van der Waals surface area contributed by atoms with E-state index >= 15 is 0 Å². The van der Waals surface area contributed by atoms with Crippen molar-refractivity contribution in [3.05, 3.63) is 23.8 Å². The van der Waals surface area contributed by atoms with E-state index in [0.717, 1.165) is 50.3 Å². The van der Waals surface area contributed by atoms with Crippen LogP contribution in [0.3, 0.4) is 0 Å². The average Bonchev–Trinajstić information content (AvgIpc) is 3.15. The minimum atomic E-state index is -0.182. The molecule has 6 heteroatoms. The summed E-state index contributed by atoms with van der Waals surface area (Å²) in [4.78, 5) is 13.7. The maximum Gasteiger partial charge on any atom is 0.302 e. The van der Waals surface area contributed by atoms with E-state index in [-0.39, 0.29) is 18.2 Å². The van der Waals surface area contributed by atoms with Gasteiger partial charge in [0.05, 0.1) is 26.9 Å². The molecule has 1 heterocycles. The fourth-order valence-electron chi connectivity index (χ4n) is 4.44. The molecule has 6 nitrogen and oxygen atoms in total. The molecule has 28 heavy (non-hydrogen) atoms. The zero-order valence-electron chi connectivity index (χ0n) is 17.3. The van der Waals surface area contributed by atoms with E-state index < -0.39 is 0 Å². The second-order valence-electron chi connectivity index (χ2n) is 7.72. The SMILES string of the molecule is COc1ccc(CCO[C@@H]2CCCC[C@H]2N2CC[C@@H](OC(C)=O)C2)cc1OC. The molecule has 0 unspecified atom stereocenters. The van der Waals surface area contributed by atoms with Crippen LogP contribution in [0.1, 0.15) is 44.6 Å². The number of nitrogens with zero attached hydrogens (tertiary/aromatic N) is 1. The Labute approximate surface area is 168 Å². The highest BCUT2D eigenvalue weighted by atomic mass is 16.5. The van der Waals surface area contributed by atoms with Crippen molar-refractivity contribution in [2.24, 2.45) is 0 Å². The number of esters is 1. The van der Waals surface area contributed by atoms with Crippen molar-refractivity contribution in [3.63, 3.8) is 0 Å². The van der Waals surface area contributed by atoms with Gasteiger partial charge in [0.2, 0.25) is 0 Å². The van der Waals surface area contributed by atoms with Crippen molar-refractivity contribution in [3.8, 4) is 11.5 Å². The molecule has 1 aliphatic heterocycles. The fourth-order valence-corrected chi connectivity index (χ4v) is 4.44. The average molecular weight is 392 g/mol. The van der Waals surface area contributed by atoms with Gasteiger partial charge in [-0.25, -0.2) is 0 Å². The van der Waals surface area contributed by atoms with Crippen LogP contribution in [-0.2, 0) is 20.7 Å². The molecule has 2 aliphatic rings. The van der Waals surface area contributed by atoms with Crippen LogP contribution in [0.4, 0.5) is 0 Å². The van der Waals surface area contributed by atoms with Crippen LogP contribution < -0.4 is 9.47 Å². The molecule has 156 valence electrons. The first-order valence-electron chi connectivity index (χ1n) is 10.3. The Morgan fingerprint density at radius 1 is 1.11 bits per heavy atom. The Bertz CT molecular complexity index is 650. The molecule has 1 aliphatic carbocycles. The van der Waals surface area contributed by atoms with E-state index in [9.17, 15) is 4.79 Å². The lowest BCUT2D eigenvalue weighted by atomic mass is 9.91. The summed E-state index contributed by atoms with van der Waals surface area (Å²) in [6.07, 6.45) is 6.79. The summed E-state index contributed by atoms with van der Waals surface area (Å²) in [6, 6.07) is 6.45. The number of hydrogen-bond acceptors (Lipinski definition) is 6. The van der Waals surface area contributed by atoms with Crippen molar-refractivity contribution in [2.75, 3.05) is 33.9 Å². The third-order valence-electron chi connectivity index (χ3n) is 5.82. The minimum absolute atomic E-state index is 0.0341. The number of carbonyl (C=O) groups excluding carboxylic acids is 1. The monoisotopic (exact) mass is 391 g/mol. The Hall–Kier alpha value is -1.79. The number of rotatable bonds is 8. The van der Waals surface area contributed by atoms with Gasteiger partial charge in [0.15, 0.2) is 11.5 Å². The maximum atomic E-state index is 11.2. The lowest BCUT2D eigenvalue weighted by Gasteiger charge is -2.37. The van der Waals surface area contributed by atoms with Crippen molar-refractivity contribution < 1.29 is 23.7 Å². The number of benzene rings is 1. The van der Waals surface area contributed by atoms with E-state index in [0.29, 0.717) is 12.6 Å². The summed E-state index contributed by atoms with van der Waals surface area (Å²) in [5.74, 6) is 1.32. The van der Waals surface area contributed by atoms with Crippen LogP contribution in [0.2, 0.25) is 0 Å². The second-order valence-corrected chi connectivity index (χ2v) is 7.72. The van der Waals surface area contributed by atoms with E-state index in [1.54, 1.807) is 14.2 Å². The van der Waals surface area contributed by atoms with Gasteiger partial charge < -0.3 is 18.9 Å². The van der Waals surface area contributed by atoms with Crippen LogP contribution in [0.25, 0.3) is 0 Å². The van der Waals surface area contributed by atoms with Gasteiger partial charge in [-0.15, -0.1) is 0 Å². The Morgan fingerprint density at radius 2 is 1.89 bits per heavy atom. The molecule has 3 atom stereocenters. The molecule has 0 aromatic heterocycles. The summed E-state index contributed by atoms with van der Waals surface area (Å²) in [5, 5.41) is 0. The highest BCUT2D eigenvalue weighted by molar-refractivity contribution is 5.66. The summed E-state index contributed by atoms with van der Waals surface area (Å²) in [6.45, 7) is 4.00. The number of ether oxygens (including phenoxy) is 4. The quantitative estimate of drug-likeness (QED) is 0.634. The Balaban J connectivity index is 1.52. The van der Waals surface area contributed by atoms with E-state index in [2.05, 4.69) is 11.0 Å². The number of carbonyl (C=O) groups is 1. The predicted octanol–water partition coefficient (Wildman–Crippen LogP) is 3.21. The van der Waals surface area contributed by atoms with Crippen LogP contribution in [0, 0.1) is 0 Å². The normalized spacial score (nSPS) is 25.5. The number of hydrogen-bond donors (Lipinski definition) is 0. The third kappa shape index (κ3) is 5.39. The lowest BCUT2D eigenvalue weighted by molar-refractivity contribution is -0.145. The zero-order valence-corrected chi connectivity index (χ0v) is 17.3. The lowest BCUT2D eigenvalue weighted by Crippen LogP contribution is -2.46. The van der Waals surface area contributed by atoms with Crippen molar-refractivity contribution in [2.45, 2.75) is 63.7 Å². The highest BCUT2D eigenvalue weighted by Crippen LogP contribution is 2.30. The van der Waals surface area contributed by atoms with E-state index in [4.69, 9.17) is 18.9 Å². The van der Waals surface area contributed by atoms with Crippen molar-refractivity contribution in [1.29, 1.82) is 0 Å². The molecule has 0 spiro atoms. The second kappa shape index (κ2) is 10.1. The molecule has 0 N–H and O–H groups in total. The van der Waals surface area contributed by atoms with Gasteiger partial charge >= 0.3 is 5.97 Å². The van der Waals surface area contributed by atoms with Gasteiger partial charge in [-0.2, -0.15) is 0 Å². The van der Waals surface area contributed by atoms with Crippen LogP contribution >= 0.6 is 0 Å². The van der Waals surface area contributed by atoms with Gasteiger partial charge in [0.1, 0.15) is 6.10 Å². The molecular formula is C22H33NO5. The highest BCUT2D eigenvalue weighted by Gasteiger charge is 2.36. The third-order valence-corrected chi connectivity index (χ3v) is 5.82. The van der Waals surface area contributed by atoms with Crippen LogP contribution in [0.15, 0.2) is 18.2 Å². The predicted molar refractivity (Wildman–Crippen MR) is 107 cm³/mol. The van der Waals surface area contributed by atoms with E-state index in [1.165, 1.54) is 25.3 Å². The van der Waals surface area contributed by atoms with Gasteiger partial charge in [0, 0.05) is 26.1 Å². The Morgan fingerprint density at radius 3 is 2.64 bits per heavy atom. The standard InChI is InChI=1S/C22H33NO5/c1-16(24)28-18-10-12-23(15-18)19-6-4-5-7-20(19)27-13-11-17-8-9-21(25-2)22(14-17)26-3/h8-9,14,18-20H,4-7,10-13,15H2,1-3H3/t18-,19-,20-/m1/s1. The maximum absolute atomic E-state index is 11.2. The first kappa shape index (κ1) is 20.9. The van der Waals surface area contributed by atoms with E-state index in [1.807, 2.05) is 12.1 Å². The fraction of sp³-hybridized carbons (Fsp3) is 0.682. The summed E-state index contributed by atoms with van der Waals surface area (Å²) in [7, 11) is 3.30. The first-order valence-corrected chi connectivity index (χ1v) is 10.3. The molecule has 0 amide bonds. The molecule has 1 aromatic carbocycles. The minimum Gasteiger partial charge on any atom is -0.493 e. The molecule has 1 saturated heterocycles. The van der Waals surface area contributed by atoms with Gasteiger partial charge in [-0.3, -0.25) is 9.69 Å². The summed E-state index contributed by atoms with van der Waals surface area (Å²) in [5.41, 5.74) is 1.18. The summed E-state index contributed by atoms with van der Waals surface area (Å²) >= 11 is 0. The largest absolute Gasteiger partial charge is 0.493 e.